The number of carbonyl (C=O) groups is 2. The molecular formula is C36H25N3O2. The number of aromatic nitrogens is 1. The number of aryl methyl sites for hydroxylation is 3. The van der Waals surface area contributed by atoms with E-state index in [9.17, 15) is 14.9 Å². The highest BCUT2D eigenvalue weighted by molar-refractivity contribution is 6.36. The van der Waals surface area contributed by atoms with Crippen molar-refractivity contribution in [1.82, 2.24) is 4.57 Å². The molecule has 196 valence electrons. The van der Waals surface area contributed by atoms with Gasteiger partial charge >= 0.3 is 0 Å². The Balaban J connectivity index is 1.48. The lowest BCUT2D eigenvalue weighted by molar-refractivity contribution is 0.0925. The number of nitrogens with zero attached hydrogens (tertiary/aromatic N) is 3. The van der Waals surface area contributed by atoms with Crippen molar-refractivity contribution < 1.29 is 9.59 Å². The van der Waals surface area contributed by atoms with Crippen LogP contribution in [0.3, 0.4) is 0 Å². The number of amides is 2. The monoisotopic (exact) mass is 531 g/mol. The van der Waals surface area contributed by atoms with Gasteiger partial charge in [-0.1, -0.05) is 66.2 Å². The molecule has 2 amide bonds. The Bertz CT molecular complexity index is 2100. The van der Waals surface area contributed by atoms with E-state index in [-0.39, 0.29) is 11.8 Å². The van der Waals surface area contributed by atoms with Gasteiger partial charge in [0.15, 0.2) is 0 Å². The van der Waals surface area contributed by atoms with E-state index in [1.807, 2.05) is 87.5 Å². The van der Waals surface area contributed by atoms with E-state index in [4.69, 9.17) is 0 Å². The predicted octanol–water partition coefficient (Wildman–Crippen LogP) is 8.05. The highest BCUT2D eigenvalue weighted by Gasteiger charge is 2.40. The van der Waals surface area contributed by atoms with Crippen LogP contribution >= 0.6 is 0 Å². The first-order chi connectivity index (χ1) is 19.9. The number of anilines is 1. The molecule has 0 N–H and O–H groups in total. The molecule has 0 fully saturated rings. The number of hydrogen-bond acceptors (Lipinski definition) is 3. The molecule has 0 spiro atoms. The van der Waals surface area contributed by atoms with Crippen LogP contribution in [0.4, 0.5) is 5.69 Å². The Hall–Kier alpha value is -5.47. The van der Waals surface area contributed by atoms with Crippen LogP contribution in [0.15, 0.2) is 97.1 Å². The van der Waals surface area contributed by atoms with E-state index >= 15 is 0 Å². The maximum absolute atomic E-state index is 14.2. The lowest BCUT2D eigenvalue weighted by atomic mass is 10.0. The van der Waals surface area contributed by atoms with Gasteiger partial charge in [0.25, 0.3) is 11.8 Å². The smallest absolute Gasteiger partial charge is 0.268 e. The first-order valence-electron chi connectivity index (χ1n) is 13.5. The van der Waals surface area contributed by atoms with E-state index in [0.717, 1.165) is 49.6 Å². The minimum Gasteiger partial charge on any atom is -0.308 e. The highest BCUT2D eigenvalue weighted by Crippen LogP contribution is 2.40. The molecule has 7 rings (SSSR count). The number of carbonyl (C=O) groups excluding carboxylic acids is 2. The van der Waals surface area contributed by atoms with Crippen molar-refractivity contribution in [2.75, 3.05) is 4.90 Å². The van der Waals surface area contributed by atoms with Gasteiger partial charge in [-0.3, -0.25) is 9.59 Å². The van der Waals surface area contributed by atoms with Crippen molar-refractivity contribution in [3.63, 3.8) is 0 Å². The van der Waals surface area contributed by atoms with Crippen molar-refractivity contribution in [1.29, 1.82) is 5.26 Å². The van der Waals surface area contributed by atoms with E-state index in [1.54, 1.807) is 6.07 Å². The molecule has 1 aliphatic heterocycles. The van der Waals surface area contributed by atoms with Crippen molar-refractivity contribution >= 4 is 39.3 Å². The van der Waals surface area contributed by atoms with Crippen LogP contribution in [0.1, 0.15) is 43.0 Å². The molecule has 5 aromatic carbocycles. The molecule has 0 radical (unpaired) electrons. The number of imide groups is 1. The van der Waals surface area contributed by atoms with Crippen molar-refractivity contribution in [2.45, 2.75) is 20.8 Å². The first-order valence-corrected chi connectivity index (χ1v) is 13.5. The van der Waals surface area contributed by atoms with Gasteiger partial charge in [0.05, 0.1) is 45.2 Å². The molecule has 0 saturated heterocycles. The summed E-state index contributed by atoms with van der Waals surface area (Å²) in [5, 5.41) is 11.3. The second kappa shape index (κ2) is 9.04. The van der Waals surface area contributed by atoms with Crippen LogP contribution in [0.2, 0.25) is 0 Å². The predicted molar refractivity (Wildman–Crippen MR) is 163 cm³/mol. The zero-order chi connectivity index (χ0) is 28.4. The van der Waals surface area contributed by atoms with Crippen LogP contribution in [-0.2, 0) is 0 Å². The third-order valence-electron chi connectivity index (χ3n) is 8.01. The molecule has 0 saturated carbocycles. The Labute approximate surface area is 237 Å². The summed E-state index contributed by atoms with van der Waals surface area (Å²) in [5.41, 5.74) is 9.48. The van der Waals surface area contributed by atoms with Gasteiger partial charge in [-0.05, 0) is 79.4 Å². The van der Waals surface area contributed by atoms with Crippen LogP contribution in [0.25, 0.3) is 38.6 Å². The average molecular weight is 532 g/mol. The Morgan fingerprint density at radius 1 is 0.659 bits per heavy atom. The van der Waals surface area contributed by atoms with Gasteiger partial charge in [0, 0.05) is 10.8 Å². The minimum atomic E-state index is -0.315. The zero-order valence-electron chi connectivity index (χ0n) is 22.9. The van der Waals surface area contributed by atoms with E-state index < -0.39 is 0 Å². The van der Waals surface area contributed by atoms with Gasteiger partial charge in [-0.25, -0.2) is 4.90 Å². The Morgan fingerprint density at radius 3 is 2.07 bits per heavy atom. The van der Waals surface area contributed by atoms with E-state index in [2.05, 4.69) is 34.9 Å². The summed E-state index contributed by atoms with van der Waals surface area (Å²) in [6.45, 7) is 5.90. The average Bonchev–Trinajstić information content (AvgIpc) is 3.44. The molecule has 0 atom stereocenters. The molecule has 1 aliphatic rings. The van der Waals surface area contributed by atoms with Crippen molar-refractivity contribution in [3.05, 3.63) is 130 Å². The Kier molecular flexibility index (Phi) is 5.42. The second-order valence-electron chi connectivity index (χ2n) is 10.7. The summed E-state index contributed by atoms with van der Waals surface area (Å²) in [6, 6.07) is 33.6. The normalized spacial score (nSPS) is 12.8. The quantitative estimate of drug-likeness (QED) is 0.217. The summed E-state index contributed by atoms with van der Waals surface area (Å²) in [6.07, 6.45) is 0. The van der Waals surface area contributed by atoms with Crippen molar-refractivity contribution in [3.8, 4) is 22.9 Å². The summed E-state index contributed by atoms with van der Waals surface area (Å²) < 4.78 is 2.10. The first kappa shape index (κ1) is 24.6. The summed E-state index contributed by atoms with van der Waals surface area (Å²) in [7, 11) is 0. The minimum absolute atomic E-state index is 0.305. The Morgan fingerprint density at radius 2 is 1.34 bits per heavy atom. The standard InChI is InChI=1S/C36H25N3O2/c1-21-17-22(2)34(23(3)18-21)39-35(40)29-8-6-10-31(33(29)36(39)41)38-30-9-5-4-7-27(30)28-16-15-26(19-32(28)38)25-13-11-24(20-37)12-14-25/h4-19H,1-3H3. The third-order valence-corrected chi connectivity index (χ3v) is 8.01. The molecule has 0 unspecified atom stereocenters. The third kappa shape index (κ3) is 3.62. The number of hydrogen-bond donors (Lipinski definition) is 0. The molecule has 5 nitrogen and oxygen atoms in total. The van der Waals surface area contributed by atoms with Crippen LogP contribution in [-0.4, -0.2) is 16.4 Å². The number of nitriles is 1. The maximum Gasteiger partial charge on any atom is 0.268 e. The molecule has 0 aliphatic carbocycles. The fourth-order valence-corrected chi connectivity index (χ4v) is 6.33. The highest BCUT2D eigenvalue weighted by atomic mass is 16.2. The fraction of sp³-hybridized carbons (Fsp3) is 0.0833. The molecule has 6 aromatic rings. The number of benzene rings is 5. The van der Waals surface area contributed by atoms with Crippen molar-refractivity contribution in [2.24, 2.45) is 0 Å². The fourth-order valence-electron chi connectivity index (χ4n) is 6.33. The molecule has 1 aromatic heterocycles. The SMILES string of the molecule is Cc1cc(C)c(N2C(=O)c3cccc(-n4c5ccccc5c5ccc(-c6ccc(C#N)cc6)cc54)c3C2=O)c(C)c1. The van der Waals surface area contributed by atoms with Crippen LogP contribution in [0.5, 0.6) is 0 Å². The number of para-hydroxylation sites is 1. The molecule has 5 heteroatoms. The van der Waals surface area contributed by atoms with Crippen LogP contribution < -0.4 is 4.90 Å². The van der Waals surface area contributed by atoms with E-state index in [0.29, 0.717) is 28.1 Å². The molecule has 2 heterocycles. The van der Waals surface area contributed by atoms with Gasteiger partial charge in [0.2, 0.25) is 0 Å². The van der Waals surface area contributed by atoms with Gasteiger partial charge < -0.3 is 4.57 Å². The summed E-state index contributed by atoms with van der Waals surface area (Å²) in [5.74, 6) is -0.620. The largest absolute Gasteiger partial charge is 0.308 e. The van der Waals surface area contributed by atoms with Crippen LogP contribution in [0, 0.1) is 32.1 Å². The number of fused-ring (bicyclic) bond motifs is 4. The number of rotatable bonds is 3. The van der Waals surface area contributed by atoms with Gasteiger partial charge in [-0.15, -0.1) is 0 Å². The lowest BCUT2D eigenvalue weighted by Gasteiger charge is -2.20. The second-order valence-corrected chi connectivity index (χ2v) is 10.7. The van der Waals surface area contributed by atoms with Gasteiger partial charge in [-0.2, -0.15) is 5.26 Å². The molecule has 0 bridgehead atoms. The summed E-state index contributed by atoms with van der Waals surface area (Å²) in [4.78, 5) is 29.4. The topological polar surface area (TPSA) is 66.1 Å². The molecular weight excluding hydrogens is 506 g/mol. The lowest BCUT2D eigenvalue weighted by Crippen LogP contribution is -2.31. The van der Waals surface area contributed by atoms with E-state index in [1.165, 1.54) is 4.90 Å². The summed E-state index contributed by atoms with van der Waals surface area (Å²) >= 11 is 0. The molecule has 41 heavy (non-hydrogen) atoms. The van der Waals surface area contributed by atoms with Gasteiger partial charge in [0.1, 0.15) is 0 Å². The zero-order valence-corrected chi connectivity index (χ0v) is 22.9. The maximum atomic E-state index is 14.2.